The van der Waals surface area contributed by atoms with E-state index in [1.54, 1.807) is 12.1 Å². The molecule has 0 bridgehead atoms. The van der Waals surface area contributed by atoms with Gasteiger partial charge < -0.3 is 9.47 Å². The second-order valence-electron chi connectivity index (χ2n) is 5.92. The smallest absolute Gasteiger partial charge is 0.317 e. The number of carbonyl (C=O) groups excluding carboxylic acids is 4. The van der Waals surface area contributed by atoms with Gasteiger partial charge in [-0.25, -0.2) is 0 Å². The largest absolute Gasteiger partial charge is 0.393 e. The Bertz CT molecular complexity index is 803. The van der Waals surface area contributed by atoms with Crippen molar-refractivity contribution in [3.63, 3.8) is 0 Å². The Morgan fingerprint density at radius 2 is 1.15 bits per heavy atom. The molecule has 0 N–H and O–H groups in total. The molecule has 0 fully saturated rings. The second kappa shape index (κ2) is 9.81. The lowest BCUT2D eigenvalue weighted by atomic mass is 10.1. The Morgan fingerprint density at radius 3 is 1.52 bits per heavy atom. The molecular formula is C20H18AlO6. The van der Waals surface area contributed by atoms with Gasteiger partial charge in [-0.3, -0.25) is 19.2 Å². The van der Waals surface area contributed by atoms with Crippen LogP contribution in [0.25, 0.3) is 0 Å². The first-order valence-corrected chi connectivity index (χ1v) is 9.42. The molecule has 0 aliphatic heterocycles. The van der Waals surface area contributed by atoms with Crippen molar-refractivity contribution in [2.75, 3.05) is 0 Å². The Balaban J connectivity index is 2.04. The van der Waals surface area contributed by atoms with E-state index in [0.717, 1.165) is 20.0 Å². The van der Waals surface area contributed by atoms with Crippen molar-refractivity contribution in [2.24, 2.45) is 0 Å². The first-order valence-electron chi connectivity index (χ1n) is 8.27. The molecule has 0 unspecified atom stereocenters. The van der Waals surface area contributed by atoms with Crippen LogP contribution in [0, 0.1) is 0 Å². The molecule has 2 rings (SSSR count). The minimum atomic E-state index is -0.623. The first kappa shape index (κ1) is 20.6. The van der Waals surface area contributed by atoms with Gasteiger partial charge in [0.05, 0.1) is 12.8 Å². The van der Waals surface area contributed by atoms with Crippen molar-refractivity contribution in [2.45, 2.75) is 26.7 Å². The molecule has 2 aromatic carbocycles. The molecule has 0 saturated heterocycles. The van der Waals surface area contributed by atoms with Crippen LogP contribution in [0.5, 0.6) is 0 Å². The van der Waals surface area contributed by atoms with Crippen LogP contribution < -0.4 is 8.85 Å². The average Bonchev–Trinajstić information content (AvgIpc) is 2.53. The van der Waals surface area contributed by atoms with Gasteiger partial charge in [0.25, 0.3) is 15.2 Å². The van der Waals surface area contributed by atoms with Gasteiger partial charge >= 0.3 is 23.9 Å². The lowest BCUT2D eigenvalue weighted by molar-refractivity contribution is -0.159. The van der Waals surface area contributed by atoms with Crippen LogP contribution in [0.2, 0.25) is 0 Å². The van der Waals surface area contributed by atoms with E-state index >= 15 is 0 Å². The maximum absolute atomic E-state index is 11.6. The molecule has 0 atom stereocenters. The third-order valence-electron chi connectivity index (χ3n) is 3.45. The van der Waals surface area contributed by atoms with E-state index < -0.39 is 23.9 Å². The van der Waals surface area contributed by atoms with Gasteiger partial charge in [-0.1, -0.05) is 48.5 Å². The number of rotatable bonds is 6. The van der Waals surface area contributed by atoms with Crippen molar-refractivity contribution >= 4 is 47.9 Å². The molecule has 0 aliphatic rings. The zero-order valence-corrected chi connectivity index (χ0v) is 16.2. The predicted octanol–water partition coefficient (Wildman–Crippen LogP) is 0.606. The Morgan fingerprint density at radius 1 is 0.741 bits per heavy atom. The molecule has 27 heavy (non-hydrogen) atoms. The van der Waals surface area contributed by atoms with Gasteiger partial charge in [-0.15, -0.1) is 8.85 Å². The molecule has 0 aromatic heterocycles. The zero-order chi connectivity index (χ0) is 19.8. The summed E-state index contributed by atoms with van der Waals surface area (Å²) >= 11 is -0.255. The zero-order valence-electron chi connectivity index (χ0n) is 15.1. The number of carbonyl (C=O) groups is 4. The van der Waals surface area contributed by atoms with Gasteiger partial charge in [-0.05, 0) is 11.1 Å². The van der Waals surface area contributed by atoms with Gasteiger partial charge in [-0.2, -0.15) is 0 Å². The number of hydrogen-bond donors (Lipinski definition) is 0. The van der Waals surface area contributed by atoms with Gasteiger partial charge in [0.2, 0.25) is 0 Å². The third kappa shape index (κ3) is 7.57. The SMILES string of the molecule is CC(=O)OC(=O)Cc1ccc[c]([Al][c]2cccc(CC(=O)OC(C)=O)c2)c1. The molecule has 7 heteroatoms. The highest BCUT2D eigenvalue weighted by atomic mass is 27.1. The van der Waals surface area contributed by atoms with Crippen molar-refractivity contribution in [3.8, 4) is 0 Å². The highest BCUT2D eigenvalue weighted by Gasteiger charge is 2.10. The van der Waals surface area contributed by atoms with E-state index in [-0.39, 0.29) is 28.1 Å². The highest BCUT2D eigenvalue weighted by molar-refractivity contribution is 6.67. The fraction of sp³-hybridized carbons (Fsp3) is 0.200. The average molecular weight is 381 g/mol. The summed E-state index contributed by atoms with van der Waals surface area (Å²) in [5, 5.41) is 0. The summed E-state index contributed by atoms with van der Waals surface area (Å²) < 4.78 is 11.2. The molecule has 0 saturated carbocycles. The van der Waals surface area contributed by atoms with Crippen molar-refractivity contribution in [1.29, 1.82) is 0 Å². The molecule has 0 aliphatic carbocycles. The standard InChI is InChI=1S/2C10H9O3.Al/c2*1-8(11)13-10(12)7-9-5-3-2-4-6-9;/h2*2-3,5-6H,7H2,1H3;. The summed E-state index contributed by atoms with van der Waals surface area (Å²) in [4.78, 5) is 44.9. The Labute approximate surface area is 163 Å². The van der Waals surface area contributed by atoms with Crippen LogP contribution in [0.4, 0.5) is 0 Å². The Kier molecular flexibility index (Phi) is 7.47. The summed E-state index contributed by atoms with van der Waals surface area (Å²) in [5.74, 6) is -2.41. The van der Waals surface area contributed by atoms with E-state index in [1.807, 2.05) is 36.4 Å². The van der Waals surface area contributed by atoms with E-state index in [4.69, 9.17) is 0 Å². The van der Waals surface area contributed by atoms with E-state index in [1.165, 1.54) is 13.8 Å². The van der Waals surface area contributed by atoms with E-state index in [9.17, 15) is 19.2 Å². The summed E-state index contributed by atoms with van der Waals surface area (Å²) in [6, 6.07) is 15.1. The Hall–Kier alpha value is -2.75. The monoisotopic (exact) mass is 381 g/mol. The fourth-order valence-corrected chi connectivity index (χ4v) is 3.90. The molecule has 1 radical (unpaired) electrons. The molecule has 2 aromatic rings. The summed E-state index contributed by atoms with van der Waals surface area (Å²) in [6.07, 6.45) is 0.0631. The summed E-state index contributed by atoms with van der Waals surface area (Å²) in [5.41, 5.74) is 1.54. The topological polar surface area (TPSA) is 86.7 Å². The van der Waals surface area contributed by atoms with Crippen LogP contribution in [0.3, 0.4) is 0 Å². The maximum Gasteiger partial charge on any atom is 0.317 e. The minimum Gasteiger partial charge on any atom is -0.393 e. The van der Waals surface area contributed by atoms with Crippen molar-refractivity contribution in [3.05, 3.63) is 59.7 Å². The minimum absolute atomic E-state index is 0.0315. The summed E-state index contributed by atoms with van der Waals surface area (Å²) in [6.45, 7) is 2.38. The number of ether oxygens (including phenoxy) is 2. The lowest BCUT2D eigenvalue weighted by Crippen LogP contribution is -2.28. The normalized spacial score (nSPS) is 10.0. The van der Waals surface area contributed by atoms with Gasteiger partial charge in [0.15, 0.2) is 0 Å². The second-order valence-corrected chi connectivity index (χ2v) is 7.54. The third-order valence-corrected chi connectivity index (χ3v) is 4.83. The summed E-state index contributed by atoms with van der Waals surface area (Å²) in [7, 11) is 0. The van der Waals surface area contributed by atoms with Crippen LogP contribution in [-0.4, -0.2) is 39.1 Å². The predicted molar refractivity (Wildman–Crippen MR) is 98.9 cm³/mol. The molecule has 6 nitrogen and oxygen atoms in total. The van der Waals surface area contributed by atoms with Crippen LogP contribution in [0.1, 0.15) is 25.0 Å². The molecular weight excluding hydrogens is 363 g/mol. The fourth-order valence-electron chi connectivity index (χ4n) is 2.50. The van der Waals surface area contributed by atoms with Crippen LogP contribution in [0.15, 0.2) is 48.5 Å². The first-order chi connectivity index (χ1) is 12.8. The number of benzene rings is 2. The van der Waals surface area contributed by atoms with Gasteiger partial charge in [0.1, 0.15) is 0 Å². The number of hydrogen-bond acceptors (Lipinski definition) is 6. The van der Waals surface area contributed by atoms with Crippen molar-refractivity contribution < 1.29 is 28.7 Å². The van der Waals surface area contributed by atoms with E-state index in [2.05, 4.69) is 9.47 Å². The lowest BCUT2D eigenvalue weighted by Gasteiger charge is -2.06. The quantitative estimate of drug-likeness (QED) is 0.414. The number of esters is 4. The van der Waals surface area contributed by atoms with Crippen molar-refractivity contribution in [1.82, 2.24) is 0 Å². The van der Waals surface area contributed by atoms with Crippen LogP contribution in [-0.2, 0) is 41.5 Å². The van der Waals surface area contributed by atoms with E-state index in [0.29, 0.717) is 0 Å². The maximum atomic E-state index is 11.6. The molecule has 0 heterocycles. The van der Waals surface area contributed by atoms with Gasteiger partial charge in [0, 0.05) is 13.8 Å². The molecule has 137 valence electrons. The molecule has 0 amide bonds. The van der Waals surface area contributed by atoms with Crippen LogP contribution >= 0.6 is 0 Å². The highest BCUT2D eigenvalue weighted by Crippen LogP contribution is 2.02. The molecule has 0 spiro atoms.